The highest BCUT2D eigenvalue weighted by Gasteiger charge is 2.17. The van der Waals surface area contributed by atoms with Crippen molar-refractivity contribution in [1.29, 1.82) is 0 Å². The number of carboxylic acids is 1. The van der Waals surface area contributed by atoms with Gasteiger partial charge in [-0.3, -0.25) is 4.98 Å². The third kappa shape index (κ3) is 3.78. The molecule has 2 rings (SSSR count). The molecular weight excluding hydrogens is 364 g/mol. The van der Waals surface area contributed by atoms with Gasteiger partial charge in [-0.1, -0.05) is 0 Å². The average molecular weight is 373 g/mol. The Bertz CT molecular complexity index is 807. The molecule has 0 amide bonds. The molecule has 0 unspecified atom stereocenters. The molecule has 0 spiro atoms. The third-order valence-electron chi connectivity index (χ3n) is 2.42. The first-order valence-electron chi connectivity index (χ1n) is 5.46. The van der Waals surface area contributed by atoms with E-state index in [4.69, 9.17) is 15.0 Å². The van der Waals surface area contributed by atoms with Crippen LogP contribution in [0.3, 0.4) is 0 Å². The minimum Gasteiger partial charge on any atom is -0.478 e. The van der Waals surface area contributed by atoms with Gasteiger partial charge in [0.15, 0.2) is 0 Å². The lowest BCUT2D eigenvalue weighted by molar-refractivity contribution is 0.0694. The first-order chi connectivity index (χ1) is 9.77. The van der Waals surface area contributed by atoms with Crippen molar-refractivity contribution in [3.05, 3.63) is 46.7 Å². The molecule has 1 aromatic carbocycles. The summed E-state index contributed by atoms with van der Waals surface area (Å²) in [5, 5.41) is 14.1. The summed E-state index contributed by atoms with van der Waals surface area (Å²) in [4.78, 5) is 14.8. The van der Waals surface area contributed by atoms with Crippen LogP contribution in [0.5, 0.6) is 11.5 Å². The summed E-state index contributed by atoms with van der Waals surface area (Å²) in [6.45, 7) is 0. The maximum absolute atomic E-state index is 11.2. The van der Waals surface area contributed by atoms with Crippen LogP contribution in [0, 0.1) is 0 Å². The van der Waals surface area contributed by atoms with Gasteiger partial charge in [0.2, 0.25) is 10.0 Å². The van der Waals surface area contributed by atoms with E-state index in [1.54, 1.807) is 6.07 Å². The van der Waals surface area contributed by atoms with Crippen LogP contribution in [0.25, 0.3) is 0 Å². The summed E-state index contributed by atoms with van der Waals surface area (Å²) in [7, 11) is -3.99. The van der Waals surface area contributed by atoms with E-state index in [1.165, 1.54) is 24.5 Å². The molecular formula is C12H9BrN2O5S. The molecule has 0 radical (unpaired) electrons. The molecule has 0 saturated carbocycles. The van der Waals surface area contributed by atoms with Gasteiger partial charge in [0.25, 0.3) is 0 Å². The summed E-state index contributed by atoms with van der Waals surface area (Å²) in [6, 6.07) is 4.93. The van der Waals surface area contributed by atoms with Crippen molar-refractivity contribution in [3.63, 3.8) is 0 Å². The Morgan fingerprint density at radius 1 is 1.29 bits per heavy atom. The predicted octanol–water partition coefficient (Wildman–Crippen LogP) is 1.98. The number of rotatable bonds is 4. The molecule has 0 saturated heterocycles. The number of pyridine rings is 1. The SMILES string of the molecule is NS(=O)(=O)c1ccc(Oc2cncc(Br)c2)c(C(=O)O)c1. The van der Waals surface area contributed by atoms with Crippen LogP contribution in [-0.2, 0) is 10.0 Å². The maximum Gasteiger partial charge on any atom is 0.339 e. The van der Waals surface area contributed by atoms with Crippen molar-refractivity contribution < 1.29 is 23.1 Å². The molecule has 7 nitrogen and oxygen atoms in total. The van der Waals surface area contributed by atoms with E-state index in [-0.39, 0.29) is 16.2 Å². The largest absolute Gasteiger partial charge is 0.478 e. The van der Waals surface area contributed by atoms with E-state index >= 15 is 0 Å². The van der Waals surface area contributed by atoms with Crippen LogP contribution < -0.4 is 9.88 Å². The number of hydrogen-bond donors (Lipinski definition) is 2. The van der Waals surface area contributed by atoms with Gasteiger partial charge in [-0.25, -0.2) is 18.4 Å². The summed E-state index contributed by atoms with van der Waals surface area (Å²) in [5.74, 6) is -1.05. The number of nitrogens with zero attached hydrogens (tertiary/aromatic N) is 1. The highest BCUT2D eigenvalue weighted by Crippen LogP contribution is 2.28. The number of halogens is 1. The summed E-state index contributed by atoms with van der Waals surface area (Å²) in [6.07, 6.45) is 2.93. The number of benzene rings is 1. The van der Waals surface area contributed by atoms with E-state index in [0.29, 0.717) is 10.2 Å². The van der Waals surface area contributed by atoms with Crippen LogP contribution in [0.1, 0.15) is 10.4 Å². The fourth-order valence-corrected chi connectivity index (χ4v) is 2.40. The number of primary sulfonamides is 1. The van der Waals surface area contributed by atoms with Gasteiger partial charge in [-0.05, 0) is 40.2 Å². The van der Waals surface area contributed by atoms with E-state index in [0.717, 1.165) is 6.07 Å². The van der Waals surface area contributed by atoms with Crippen LogP contribution in [0.15, 0.2) is 46.0 Å². The van der Waals surface area contributed by atoms with Crippen molar-refractivity contribution >= 4 is 31.9 Å². The number of carboxylic acid groups (broad SMARTS) is 1. The van der Waals surface area contributed by atoms with E-state index < -0.39 is 16.0 Å². The minimum absolute atomic E-state index is 0.0187. The molecule has 1 aromatic heterocycles. The number of sulfonamides is 1. The van der Waals surface area contributed by atoms with Gasteiger partial charge >= 0.3 is 5.97 Å². The Morgan fingerprint density at radius 2 is 2.00 bits per heavy atom. The van der Waals surface area contributed by atoms with Gasteiger partial charge in [-0.15, -0.1) is 0 Å². The molecule has 0 fully saturated rings. The third-order valence-corrected chi connectivity index (χ3v) is 3.76. The molecule has 9 heteroatoms. The van der Waals surface area contributed by atoms with Crippen molar-refractivity contribution in [2.75, 3.05) is 0 Å². The first-order valence-corrected chi connectivity index (χ1v) is 7.80. The highest BCUT2D eigenvalue weighted by atomic mass is 79.9. The Balaban J connectivity index is 2.47. The van der Waals surface area contributed by atoms with Crippen LogP contribution in [0.2, 0.25) is 0 Å². The normalized spacial score (nSPS) is 11.1. The van der Waals surface area contributed by atoms with Crippen LogP contribution >= 0.6 is 15.9 Å². The molecule has 0 aliphatic heterocycles. The predicted molar refractivity (Wildman–Crippen MR) is 76.8 cm³/mol. The van der Waals surface area contributed by atoms with Crippen molar-refractivity contribution in [2.24, 2.45) is 5.14 Å². The van der Waals surface area contributed by atoms with Crippen molar-refractivity contribution in [3.8, 4) is 11.5 Å². The lowest BCUT2D eigenvalue weighted by Crippen LogP contribution is -2.13. The van der Waals surface area contributed by atoms with Crippen molar-refractivity contribution in [2.45, 2.75) is 4.90 Å². The van der Waals surface area contributed by atoms with Gasteiger partial charge in [0.05, 0.1) is 11.1 Å². The fraction of sp³-hybridized carbons (Fsp3) is 0. The molecule has 0 atom stereocenters. The molecule has 110 valence electrons. The van der Waals surface area contributed by atoms with E-state index in [2.05, 4.69) is 20.9 Å². The Morgan fingerprint density at radius 3 is 2.57 bits per heavy atom. The molecule has 0 aliphatic carbocycles. The molecule has 1 heterocycles. The van der Waals surface area contributed by atoms with E-state index in [1.807, 2.05) is 0 Å². The highest BCUT2D eigenvalue weighted by molar-refractivity contribution is 9.10. The molecule has 0 aliphatic rings. The van der Waals surface area contributed by atoms with Crippen LogP contribution in [0.4, 0.5) is 0 Å². The van der Waals surface area contributed by atoms with Crippen molar-refractivity contribution in [1.82, 2.24) is 4.98 Å². The second-order valence-electron chi connectivity index (χ2n) is 3.95. The summed E-state index contributed by atoms with van der Waals surface area (Å²) < 4.78 is 28.6. The smallest absolute Gasteiger partial charge is 0.339 e. The number of hydrogen-bond acceptors (Lipinski definition) is 5. The maximum atomic E-state index is 11.2. The van der Waals surface area contributed by atoms with Gasteiger partial charge in [0, 0.05) is 10.7 Å². The Labute approximate surface area is 128 Å². The zero-order valence-electron chi connectivity index (χ0n) is 10.4. The average Bonchev–Trinajstić information content (AvgIpc) is 2.37. The Hall–Kier alpha value is -1.97. The second kappa shape index (κ2) is 5.80. The first kappa shape index (κ1) is 15.4. The van der Waals surface area contributed by atoms with Gasteiger partial charge in [0.1, 0.15) is 17.1 Å². The zero-order valence-corrected chi connectivity index (χ0v) is 12.8. The van der Waals surface area contributed by atoms with E-state index in [9.17, 15) is 13.2 Å². The number of aromatic carboxylic acids is 1. The summed E-state index contributed by atoms with van der Waals surface area (Å²) in [5.41, 5.74) is -0.318. The number of nitrogens with two attached hydrogens (primary N) is 1. The molecule has 3 N–H and O–H groups in total. The zero-order chi connectivity index (χ0) is 15.6. The standard InChI is InChI=1S/C12H9BrN2O5S/c13-7-3-8(6-15-5-7)20-11-2-1-9(21(14,18)19)4-10(11)12(16)17/h1-6H,(H,16,17)(H2,14,18,19). The quantitative estimate of drug-likeness (QED) is 0.846. The van der Waals surface area contributed by atoms with Crippen LogP contribution in [-0.4, -0.2) is 24.5 Å². The second-order valence-corrected chi connectivity index (χ2v) is 6.43. The minimum atomic E-state index is -3.99. The number of ether oxygens (including phenoxy) is 1. The Kier molecular flexibility index (Phi) is 4.26. The lowest BCUT2D eigenvalue weighted by atomic mass is 10.2. The van der Waals surface area contributed by atoms with Gasteiger partial charge < -0.3 is 9.84 Å². The van der Waals surface area contributed by atoms with Gasteiger partial charge in [-0.2, -0.15) is 0 Å². The molecule has 21 heavy (non-hydrogen) atoms. The molecule has 2 aromatic rings. The number of aromatic nitrogens is 1. The fourth-order valence-electron chi connectivity index (χ4n) is 1.52. The number of carbonyl (C=O) groups is 1. The molecule has 0 bridgehead atoms. The monoisotopic (exact) mass is 372 g/mol. The summed E-state index contributed by atoms with van der Waals surface area (Å²) >= 11 is 3.21. The topological polar surface area (TPSA) is 120 Å². The lowest BCUT2D eigenvalue weighted by Gasteiger charge is -2.09.